The maximum Gasteiger partial charge on any atom is 0.251 e. The van der Waals surface area contributed by atoms with Gasteiger partial charge in [-0.25, -0.2) is 0 Å². The van der Waals surface area contributed by atoms with Crippen molar-refractivity contribution in [3.63, 3.8) is 0 Å². The number of aryl methyl sites for hydroxylation is 1. The molecule has 3 rings (SSSR count). The van der Waals surface area contributed by atoms with Crippen molar-refractivity contribution in [2.45, 2.75) is 26.3 Å². The quantitative estimate of drug-likeness (QED) is 0.808. The van der Waals surface area contributed by atoms with Gasteiger partial charge in [-0.1, -0.05) is 5.21 Å². The second kappa shape index (κ2) is 6.68. The molecule has 0 bridgehead atoms. The number of phenols is 1. The SMILES string of the molecule is Cc1cn(CCNC(=O)c2cc(O)cc(OCC3CC3)c2)nn1. The van der Waals surface area contributed by atoms with E-state index in [0.717, 1.165) is 5.69 Å². The highest BCUT2D eigenvalue weighted by molar-refractivity contribution is 5.95. The van der Waals surface area contributed by atoms with E-state index in [1.807, 2.05) is 13.1 Å². The topological polar surface area (TPSA) is 89.3 Å². The van der Waals surface area contributed by atoms with Crippen LogP contribution in [-0.4, -0.2) is 39.2 Å². The molecule has 0 unspecified atom stereocenters. The van der Waals surface area contributed by atoms with E-state index in [-0.39, 0.29) is 11.7 Å². The largest absolute Gasteiger partial charge is 0.508 e. The maximum atomic E-state index is 12.2. The number of aromatic nitrogens is 3. The number of hydrogen-bond acceptors (Lipinski definition) is 5. The highest BCUT2D eigenvalue weighted by atomic mass is 16.5. The molecule has 7 nitrogen and oxygen atoms in total. The Morgan fingerprint density at radius 3 is 2.96 bits per heavy atom. The standard InChI is InChI=1S/C16H20N4O3/c1-11-9-20(19-18-11)5-4-17-16(22)13-6-14(21)8-15(7-13)23-10-12-2-3-12/h6-9,12,21H,2-5,10H2,1H3,(H,17,22). The van der Waals surface area contributed by atoms with E-state index in [1.54, 1.807) is 10.7 Å². The zero-order chi connectivity index (χ0) is 16.2. The lowest BCUT2D eigenvalue weighted by Crippen LogP contribution is -2.27. The summed E-state index contributed by atoms with van der Waals surface area (Å²) in [6.45, 7) is 3.46. The number of carbonyl (C=O) groups is 1. The number of carbonyl (C=O) groups excluding carboxylic acids is 1. The summed E-state index contributed by atoms with van der Waals surface area (Å²) >= 11 is 0. The Balaban J connectivity index is 1.54. The van der Waals surface area contributed by atoms with Crippen LogP contribution >= 0.6 is 0 Å². The van der Waals surface area contributed by atoms with Gasteiger partial charge in [-0.05, 0) is 37.8 Å². The van der Waals surface area contributed by atoms with Gasteiger partial charge in [0.25, 0.3) is 5.91 Å². The normalized spacial score (nSPS) is 13.8. The molecule has 1 aliphatic rings. The number of hydrogen-bond donors (Lipinski definition) is 2. The van der Waals surface area contributed by atoms with E-state index >= 15 is 0 Å². The zero-order valence-corrected chi connectivity index (χ0v) is 13.0. The third-order valence-electron chi connectivity index (χ3n) is 3.62. The molecule has 2 N–H and O–H groups in total. The second-order valence-electron chi connectivity index (χ2n) is 5.85. The molecule has 2 aromatic rings. The zero-order valence-electron chi connectivity index (χ0n) is 13.0. The van der Waals surface area contributed by atoms with Crippen LogP contribution in [0.5, 0.6) is 11.5 Å². The number of nitrogens with one attached hydrogen (secondary N) is 1. The fourth-order valence-electron chi connectivity index (χ4n) is 2.19. The third kappa shape index (κ3) is 4.45. The van der Waals surface area contributed by atoms with Gasteiger partial charge in [-0.3, -0.25) is 9.48 Å². The molecule has 23 heavy (non-hydrogen) atoms. The first-order valence-corrected chi connectivity index (χ1v) is 7.72. The fraction of sp³-hybridized carbons (Fsp3) is 0.438. The summed E-state index contributed by atoms with van der Waals surface area (Å²) in [6.07, 6.45) is 4.19. The molecule has 0 saturated heterocycles. The van der Waals surface area contributed by atoms with Crippen molar-refractivity contribution in [3.05, 3.63) is 35.7 Å². The molecule has 1 fully saturated rings. The van der Waals surface area contributed by atoms with Crippen LogP contribution in [0.25, 0.3) is 0 Å². The highest BCUT2D eigenvalue weighted by Crippen LogP contribution is 2.30. The Morgan fingerprint density at radius 1 is 1.43 bits per heavy atom. The van der Waals surface area contributed by atoms with E-state index in [9.17, 15) is 9.90 Å². The minimum Gasteiger partial charge on any atom is -0.508 e. The molecule has 1 amide bonds. The van der Waals surface area contributed by atoms with Crippen LogP contribution in [-0.2, 0) is 6.54 Å². The Kier molecular flexibility index (Phi) is 4.45. The molecule has 1 aliphatic carbocycles. The van der Waals surface area contributed by atoms with E-state index in [4.69, 9.17) is 4.74 Å². The van der Waals surface area contributed by atoms with Crippen LogP contribution in [0, 0.1) is 12.8 Å². The smallest absolute Gasteiger partial charge is 0.251 e. The van der Waals surface area contributed by atoms with Crippen LogP contribution < -0.4 is 10.1 Å². The molecular formula is C16H20N4O3. The van der Waals surface area contributed by atoms with E-state index < -0.39 is 0 Å². The molecule has 122 valence electrons. The van der Waals surface area contributed by atoms with Crippen molar-refractivity contribution in [1.82, 2.24) is 20.3 Å². The second-order valence-corrected chi connectivity index (χ2v) is 5.85. The molecule has 0 aliphatic heterocycles. The number of aromatic hydroxyl groups is 1. The first kappa shape index (κ1) is 15.3. The van der Waals surface area contributed by atoms with Crippen molar-refractivity contribution in [2.24, 2.45) is 5.92 Å². The number of ether oxygens (including phenoxy) is 1. The van der Waals surface area contributed by atoms with Gasteiger partial charge in [0.15, 0.2) is 0 Å². The third-order valence-corrected chi connectivity index (χ3v) is 3.62. The predicted octanol–water partition coefficient (Wildman–Crippen LogP) is 1.51. The molecule has 0 atom stereocenters. The van der Waals surface area contributed by atoms with Crippen molar-refractivity contribution >= 4 is 5.91 Å². The Morgan fingerprint density at radius 2 is 2.26 bits per heavy atom. The van der Waals surface area contributed by atoms with Gasteiger partial charge in [-0.2, -0.15) is 0 Å². The van der Waals surface area contributed by atoms with Crippen molar-refractivity contribution in [2.75, 3.05) is 13.2 Å². The lowest BCUT2D eigenvalue weighted by Gasteiger charge is -2.09. The Bertz CT molecular complexity index is 694. The summed E-state index contributed by atoms with van der Waals surface area (Å²) < 4.78 is 7.28. The number of nitrogens with zero attached hydrogens (tertiary/aromatic N) is 3. The minimum absolute atomic E-state index is 0.0235. The molecule has 1 aromatic heterocycles. The van der Waals surface area contributed by atoms with Gasteiger partial charge in [0.05, 0.1) is 18.8 Å². The molecular weight excluding hydrogens is 296 g/mol. The molecule has 0 spiro atoms. The summed E-state index contributed by atoms with van der Waals surface area (Å²) in [6, 6.07) is 4.60. The molecule has 0 radical (unpaired) electrons. The summed E-state index contributed by atoms with van der Waals surface area (Å²) in [5, 5.41) is 20.3. The van der Waals surface area contributed by atoms with Gasteiger partial charge in [0.1, 0.15) is 11.5 Å². The van der Waals surface area contributed by atoms with Crippen LogP contribution in [0.3, 0.4) is 0 Å². The van der Waals surface area contributed by atoms with Crippen LogP contribution in [0.15, 0.2) is 24.4 Å². The summed E-state index contributed by atoms with van der Waals surface area (Å²) in [7, 11) is 0. The van der Waals surface area contributed by atoms with E-state index in [2.05, 4.69) is 15.6 Å². The monoisotopic (exact) mass is 316 g/mol. The number of phenolic OH excluding ortho intramolecular Hbond substituents is 1. The first-order chi connectivity index (χ1) is 11.1. The minimum atomic E-state index is -0.256. The van der Waals surface area contributed by atoms with Gasteiger partial charge in [0, 0.05) is 24.4 Å². The van der Waals surface area contributed by atoms with Crippen LogP contribution in [0.1, 0.15) is 28.9 Å². The summed E-state index contributed by atoms with van der Waals surface area (Å²) in [5.74, 6) is 0.902. The van der Waals surface area contributed by atoms with Gasteiger partial charge >= 0.3 is 0 Å². The lowest BCUT2D eigenvalue weighted by molar-refractivity contribution is 0.0951. The average Bonchev–Trinajstić information content (AvgIpc) is 3.26. The number of amides is 1. The number of benzene rings is 1. The fourth-order valence-corrected chi connectivity index (χ4v) is 2.19. The highest BCUT2D eigenvalue weighted by Gasteiger charge is 2.22. The maximum absolute atomic E-state index is 12.2. The van der Waals surface area contributed by atoms with Gasteiger partial charge in [-0.15, -0.1) is 5.10 Å². The molecule has 1 heterocycles. The van der Waals surface area contributed by atoms with Crippen LogP contribution in [0.4, 0.5) is 0 Å². The Hall–Kier alpha value is -2.57. The number of rotatable bonds is 7. The average molecular weight is 316 g/mol. The van der Waals surface area contributed by atoms with Crippen molar-refractivity contribution in [1.29, 1.82) is 0 Å². The van der Waals surface area contributed by atoms with Crippen molar-refractivity contribution in [3.8, 4) is 11.5 Å². The lowest BCUT2D eigenvalue weighted by atomic mass is 10.2. The Labute approximate surface area is 134 Å². The molecule has 7 heteroatoms. The summed E-state index contributed by atoms with van der Waals surface area (Å²) in [4.78, 5) is 12.2. The molecule has 1 saturated carbocycles. The molecule has 1 aromatic carbocycles. The van der Waals surface area contributed by atoms with Gasteiger partial charge < -0.3 is 15.2 Å². The predicted molar refractivity (Wildman–Crippen MR) is 83.4 cm³/mol. The van der Waals surface area contributed by atoms with Gasteiger partial charge in [0.2, 0.25) is 0 Å². The van der Waals surface area contributed by atoms with E-state index in [0.29, 0.717) is 36.9 Å². The van der Waals surface area contributed by atoms with Crippen molar-refractivity contribution < 1.29 is 14.6 Å². The first-order valence-electron chi connectivity index (χ1n) is 7.72. The summed E-state index contributed by atoms with van der Waals surface area (Å²) in [5.41, 5.74) is 1.22. The van der Waals surface area contributed by atoms with Crippen LogP contribution in [0.2, 0.25) is 0 Å². The van der Waals surface area contributed by atoms with E-state index in [1.165, 1.54) is 25.0 Å².